The van der Waals surface area contributed by atoms with Gasteiger partial charge in [0.05, 0.1) is 25.0 Å². The van der Waals surface area contributed by atoms with E-state index in [2.05, 4.69) is 15.6 Å². The van der Waals surface area contributed by atoms with Crippen molar-refractivity contribution in [3.05, 3.63) is 11.9 Å². The molecule has 0 aliphatic rings. The molecule has 0 radical (unpaired) electrons. The number of nitrogens with one attached hydrogen (secondary N) is 2. The van der Waals surface area contributed by atoms with Gasteiger partial charge in [-0.3, -0.25) is 4.79 Å². The van der Waals surface area contributed by atoms with E-state index in [9.17, 15) is 4.79 Å². The third kappa shape index (κ3) is 4.88. The summed E-state index contributed by atoms with van der Waals surface area (Å²) >= 11 is 0. The highest BCUT2D eigenvalue weighted by Gasteiger charge is 2.08. The lowest BCUT2D eigenvalue weighted by Crippen LogP contribution is -2.35. The van der Waals surface area contributed by atoms with Crippen LogP contribution in [-0.4, -0.2) is 56.4 Å². The molecule has 0 atom stereocenters. The topological polar surface area (TPSA) is 71.4 Å². The second-order valence-electron chi connectivity index (χ2n) is 4.45. The Morgan fingerprint density at radius 3 is 2.84 bits per heavy atom. The van der Waals surface area contributed by atoms with Gasteiger partial charge >= 0.3 is 0 Å². The molecule has 1 aromatic rings. The molecule has 0 aliphatic carbocycles. The lowest BCUT2D eigenvalue weighted by molar-refractivity contribution is -0.120. The van der Waals surface area contributed by atoms with Gasteiger partial charge in [0.15, 0.2) is 0 Å². The van der Waals surface area contributed by atoms with Gasteiger partial charge in [-0.25, -0.2) is 4.98 Å². The molecule has 0 unspecified atom stereocenters. The van der Waals surface area contributed by atoms with E-state index in [0.29, 0.717) is 19.7 Å². The summed E-state index contributed by atoms with van der Waals surface area (Å²) in [4.78, 5) is 17.7. The molecule has 0 spiro atoms. The number of methoxy groups -OCH3 is 1. The fraction of sp³-hybridized carbons (Fsp3) is 0.667. The molecule has 7 nitrogen and oxygen atoms in total. The first-order valence-corrected chi connectivity index (χ1v) is 6.20. The van der Waals surface area contributed by atoms with Gasteiger partial charge in [0, 0.05) is 41.3 Å². The highest BCUT2D eigenvalue weighted by molar-refractivity contribution is 5.77. The van der Waals surface area contributed by atoms with E-state index in [4.69, 9.17) is 4.74 Å². The average Bonchev–Trinajstić information content (AvgIpc) is 2.71. The first-order valence-electron chi connectivity index (χ1n) is 6.20. The number of anilines is 1. The fourth-order valence-electron chi connectivity index (χ4n) is 1.67. The maximum atomic E-state index is 11.4. The van der Waals surface area contributed by atoms with E-state index in [1.165, 1.54) is 0 Å². The molecular formula is C12H23N5O2. The Kier molecular flexibility index (Phi) is 6.31. The quantitative estimate of drug-likeness (QED) is 0.613. The normalized spacial score (nSPS) is 10.5. The van der Waals surface area contributed by atoms with Crippen molar-refractivity contribution in [2.24, 2.45) is 7.05 Å². The van der Waals surface area contributed by atoms with E-state index in [1.807, 2.05) is 36.8 Å². The summed E-state index contributed by atoms with van der Waals surface area (Å²) in [6.07, 6.45) is 1.81. The summed E-state index contributed by atoms with van der Waals surface area (Å²) in [6.45, 7) is 1.95. The Labute approximate surface area is 113 Å². The van der Waals surface area contributed by atoms with Crippen LogP contribution in [0.1, 0.15) is 5.69 Å². The Hall–Kier alpha value is -1.60. The molecule has 7 heteroatoms. The highest BCUT2D eigenvalue weighted by atomic mass is 16.5. The number of imidazole rings is 1. The Balaban J connectivity index is 2.31. The zero-order valence-corrected chi connectivity index (χ0v) is 12.1. The molecule has 1 amide bonds. The molecule has 1 rings (SSSR count). The average molecular weight is 269 g/mol. The van der Waals surface area contributed by atoms with Crippen molar-refractivity contribution in [3.8, 4) is 0 Å². The highest BCUT2D eigenvalue weighted by Crippen LogP contribution is 2.10. The van der Waals surface area contributed by atoms with Gasteiger partial charge < -0.3 is 24.8 Å². The number of carbonyl (C=O) groups excluding carboxylic acids is 1. The first kappa shape index (κ1) is 15.5. The fourth-order valence-corrected chi connectivity index (χ4v) is 1.67. The molecular weight excluding hydrogens is 246 g/mol. The van der Waals surface area contributed by atoms with Gasteiger partial charge in [-0.05, 0) is 0 Å². The van der Waals surface area contributed by atoms with E-state index in [1.54, 1.807) is 7.11 Å². The van der Waals surface area contributed by atoms with Crippen molar-refractivity contribution in [2.45, 2.75) is 6.54 Å². The van der Waals surface area contributed by atoms with Crippen LogP contribution >= 0.6 is 0 Å². The number of nitrogens with zero attached hydrogens (tertiary/aromatic N) is 3. The van der Waals surface area contributed by atoms with E-state index in [0.717, 1.165) is 11.6 Å². The summed E-state index contributed by atoms with van der Waals surface area (Å²) in [5.74, 6) is 0.855. The number of aromatic nitrogens is 2. The van der Waals surface area contributed by atoms with Crippen LogP contribution in [0.3, 0.4) is 0 Å². The second kappa shape index (κ2) is 7.75. The van der Waals surface area contributed by atoms with Crippen LogP contribution in [0.25, 0.3) is 0 Å². The number of amides is 1. The predicted octanol–water partition coefficient (Wildman–Crippen LogP) is -0.662. The standard InChI is InChI=1S/C12H23N5O2/c1-16(2)12-15-8-10(17(12)3)7-13-9-11(18)14-5-6-19-4/h8,13H,5-7,9H2,1-4H3,(H,14,18). The minimum absolute atomic E-state index is 0.0351. The summed E-state index contributed by atoms with van der Waals surface area (Å²) in [7, 11) is 7.46. The van der Waals surface area contributed by atoms with Crippen LogP contribution in [0.4, 0.5) is 5.95 Å². The molecule has 0 bridgehead atoms. The first-order chi connectivity index (χ1) is 9.06. The molecule has 0 saturated carbocycles. The molecule has 0 aromatic carbocycles. The third-order valence-electron chi connectivity index (χ3n) is 2.68. The molecule has 2 N–H and O–H groups in total. The number of carbonyl (C=O) groups is 1. The van der Waals surface area contributed by atoms with Crippen LogP contribution in [0.15, 0.2) is 6.20 Å². The lowest BCUT2D eigenvalue weighted by atomic mass is 10.4. The smallest absolute Gasteiger partial charge is 0.234 e. The van der Waals surface area contributed by atoms with Crippen molar-refractivity contribution in [1.29, 1.82) is 0 Å². The minimum Gasteiger partial charge on any atom is -0.383 e. The van der Waals surface area contributed by atoms with Crippen LogP contribution in [0.5, 0.6) is 0 Å². The van der Waals surface area contributed by atoms with Gasteiger partial charge in [-0.2, -0.15) is 0 Å². The summed E-state index contributed by atoms with van der Waals surface area (Å²) in [6, 6.07) is 0. The molecule has 1 aromatic heterocycles. The largest absolute Gasteiger partial charge is 0.383 e. The van der Waals surface area contributed by atoms with Crippen LogP contribution in [-0.2, 0) is 23.1 Å². The lowest BCUT2D eigenvalue weighted by Gasteiger charge is -2.12. The molecule has 0 saturated heterocycles. The van der Waals surface area contributed by atoms with E-state index < -0.39 is 0 Å². The number of hydrogen-bond donors (Lipinski definition) is 2. The van der Waals surface area contributed by atoms with E-state index in [-0.39, 0.29) is 12.5 Å². The van der Waals surface area contributed by atoms with Gasteiger partial charge in [0.1, 0.15) is 0 Å². The number of hydrogen-bond acceptors (Lipinski definition) is 5. The molecule has 1 heterocycles. The van der Waals surface area contributed by atoms with Crippen molar-refractivity contribution in [1.82, 2.24) is 20.2 Å². The monoisotopic (exact) mass is 269 g/mol. The molecule has 108 valence electrons. The summed E-state index contributed by atoms with van der Waals surface area (Å²) < 4.78 is 6.85. The van der Waals surface area contributed by atoms with Gasteiger partial charge in [-0.15, -0.1) is 0 Å². The van der Waals surface area contributed by atoms with E-state index >= 15 is 0 Å². The van der Waals surface area contributed by atoms with Crippen molar-refractivity contribution in [2.75, 3.05) is 45.8 Å². The maximum absolute atomic E-state index is 11.4. The van der Waals surface area contributed by atoms with Crippen LogP contribution < -0.4 is 15.5 Å². The van der Waals surface area contributed by atoms with Gasteiger partial charge in [0.25, 0.3) is 0 Å². The number of rotatable bonds is 8. The third-order valence-corrected chi connectivity index (χ3v) is 2.68. The van der Waals surface area contributed by atoms with Crippen molar-refractivity contribution >= 4 is 11.9 Å². The summed E-state index contributed by atoms with van der Waals surface area (Å²) in [5.41, 5.74) is 1.04. The van der Waals surface area contributed by atoms with Crippen molar-refractivity contribution in [3.63, 3.8) is 0 Å². The maximum Gasteiger partial charge on any atom is 0.234 e. The van der Waals surface area contributed by atoms with Gasteiger partial charge in [0.2, 0.25) is 11.9 Å². The minimum atomic E-state index is -0.0351. The SMILES string of the molecule is COCCNC(=O)CNCc1cnc(N(C)C)n1C. The van der Waals surface area contributed by atoms with Gasteiger partial charge in [-0.1, -0.05) is 0 Å². The summed E-state index contributed by atoms with van der Waals surface area (Å²) in [5, 5.41) is 5.84. The molecule has 19 heavy (non-hydrogen) atoms. The zero-order valence-electron chi connectivity index (χ0n) is 12.1. The number of ether oxygens (including phenoxy) is 1. The predicted molar refractivity (Wildman–Crippen MR) is 74.1 cm³/mol. The molecule has 0 aliphatic heterocycles. The Bertz CT molecular complexity index is 403. The zero-order chi connectivity index (χ0) is 14.3. The van der Waals surface area contributed by atoms with Crippen molar-refractivity contribution < 1.29 is 9.53 Å². The van der Waals surface area contributed by atoms with Crippen LogP contribution in [0.2, 0.25) is 0 Å². The van der Waals surface area contributed by atoms with Crippen LogP contribution in [0, 0.1) is 0 Å². The second-order valence-corrected chi connectivity index (χ2v) is 4.45. The Morgan fingerprint density at radius 1 is 1.53 bits per heavy atom. The molecule has 0 fully saturated rings. The Morgan fingerprint density at radius 2 is 2.26 bits per heavy atom.